The predicted octanol–water partition coefficient (Wildman–Crippen LogP) is -3.54. The zero-order chi connectivity index (χ0) is 4.28. The van der Waals surface area contributed by atoms with Crippen LogP contribution in [0.2, 0.25) is 0 Å². The van der Waals surface area contributed by atoms with Gasteiger partial charge in [-0.1, -0.05) is 0 Å². The first kappa shape index (κ1) is 33.0. The third-order valence-corrected chi connectivity index (χ3v) is 0.175. The van der Waals surface area contributed by atoms with E-state index in [-0.39, 0.29) is 61.1 Å². The molecule has 55 valence electrons. The molecule has 9 heavy (non-hydrogen) atoms. The van der Waals surface area contributed by atoms with Gasteiger partial charge in [0.15, 0.2) is 0 Å². The third kappa shape index (κ3) is 52.5. The molecule has 5 nitrogen and oxygen atoms in total. The topological polar surface area (TPSA) is 126 Å². The molecule has 0 aromatic carbocycles. The molecule has 0 spiro atoms. The Morgan fingerprint density at radius 2 is 1.56 bits per heavy atom. The molecule has 0 heterocycles. The van der Waals surface area contributed by atoms with Crippen molar-refractivity contribution < 1.29 is 47.1 Å². The molecule has 0 amide bonds. The molecule has 7 N–H and O–H groups in total. The maximum absolute atomic E-state index is 9.24. The smallest absolute Gasteiger partial charge is 0.317 e. The summed E-state index contributed by atoms with van der Waals surface area (Å²) in [6, 6.07) is 0. The van der Waals surface area contributed by atoms with Crippen molar-refractivity contribution in [2.75, 3.05) is 6.54 Å². The molecule has 0 aromatic rings. The molecule has 1 radical (unpaired) electrons. The second-order valence-electron chi connectivity index (χ2n) is 0.598. The van der Waals surface area contributed by atoms with Crippen molar-refractivity contribution in [2.45, 2.75) is 0 Å². The molecule has 0 unspecified atom stereocenters. The van der Waals surface area contributed by atoms with Gasteiger partial charge in [-0.15, -0.1) is 0 Å². The molecule has 0 fully saturated rings. The molecule has 7 heteroatoms. The van der Waals surface area contributed by atoms with Gasteiger partial charge in [-0.3, -0.25) is 4.79 Å². The molecule has 0 aliphatic carbocycles. The quantitative estimate of drug-likeness (QED) is 0.454. The summed E-state index contributed by atoms with van der Waals surface area (Å²) < 4.78 is 0. The van der Waals surface area contributed by atoms with E-state index in [2.05, 4.69) is 5.73 Å². The van der Waals surface area contributed by atoms with E-state index in [1.54, 1.807) is 0 Å². The van der Waals surface area contributed by atoms with Crippen molar-refractivity contribution in [1.29, 1.82) is 0 Å². The number of nitrogens with two attached hydrogens (primary N) is 1. The fraction of sp³-hybridized carbons (Fsp3) is 0.500. The average Bonchev–Trinajstić information content (AvgIpc) is 1.38. The first-order valence-corrected chi connectivity index (χ1v) is 1.19. The normalized spacial score (nSPS) is 4.11. The van der Waals surface area contributed by atoms with Crippen LogP contribution in [0, 0.1) is 0 Å². The second-order valence-corrected chi connectivity index (χ2v) is 0.598. The van der Waals surface area contributed by atoms with Gasteiger partial charge in [-0.05, 0) is 0 Å². The summed E-state index contributed by atoms with van der Waals surface area (Å²) in [7, 11) is 0. The monoisotopic (exact) mass is 230 g/mol. The van der Waals surface area contributed by atoms with E-state index < -0.39 is 5.97 Å². The summed E-state index contributed by atoms with van der Waals surface area (Å²) in [6.45, 7) is -0.278. The number of hydrogen-bond donors (Lipinski definition) is 2. The van der Waals surface area contributed by atoms with Gasteiger partial charge >= 0.3 is 5.97 Å². The van der Waals surface area contributed by atoms with Crippen molar-refractivity contribution in [1.82, 2.24) is 0 Å². The fourth-order valence-electron chi connectivity index (χ4n) is 0. The van der Waals surface area contributed by atoms with Crippen LogP contribution in [-0.2, 0) is 31.0 Å². The van der Waals surface area contributed by atoms with Crippen molar-refractivity contribution in [3.63, 3.8) is 0 Å². The van der Waals surface area contributed by atoms with Crippen LogP contribution in [0.4, 0.5) is 0 Å². The largest absolute Gasteiger partial charge is 0.480 e. The molecule has 0 saturated heterocycles. The molecule has 0 atom stereocenters. The minimum atomic E-state index is -0.968. The van der Waals surface area contributed by atoms with Crippen LogP contribution in [0.15, 0.2) is 0 Å². The standard InChI is InChI=1S/C2H5NO2.Al.2H2O.Zr.2H/c3-1-2(4)5;;;;;;/h1,3H2,(H,4,5);;2*1H2;;;. The number of carboxylic acids is 1. The van der Waals surface area contributed by atoms with Crippen LogP contribution in [0.25, 0.3) is 0 Å². The summed E-state index contributed by atoms with van der Waals surface area (Å²) in [5.74, 6) is -0.968. The van der Waals surface area contributed by atoms with E-state index in [4.69, 9.17) is 5.11 Å². The fourth-order valence-corrected chi connectivity index (χ4v) is 0. The van der Waals surface area contributed by atoms with E-state index in [1.807, 2.05) is 0 Å². The van der Waals surface area contributed by atoms with Gasteiger partial charge in [0.1, 0.15) is 17.4 Å². The van der Waals surface area contributed by atoms with Gasteiger partial charge in [0.2, 0.25) is 0 Å². The van der Waals surface area contributed by atoms with Crippen molar-refractivity contribution in [2.24, 2.45) is 5.73 Å². The molecule has 0 aromatic heterocycles. The first-order valence-electron chi connectivity index (χ1n) is 1.19. The van der Waals surface area contributed by atoms with Crippen LogP contribution < -0.4 is 5.73 Å². The summed E-state index contributed by atoms with van der Waals surface area (Å²) >= 11 is 0. The van der Waals surface area contributed by atoms with E-state index in [1.165, 1.54) is 0 Å². The Balaban J connectivity index is -0.0000000133. The van der Waals surface area contributed by atoms with Gasteiger partial charge in [0.05, 0.1) is 6.54 Å². The van der Waals surface area contributed by atoms with E-state index in [0.29, 0.717) is 0 Å². The van der Waals surface area contributed by atoms with Crippen LogP contribution in [-0.4, -0.2) is 45.9 Å². The second kappa shape index (κ2) is 23.3. The van der Waals surface area contributed by atoms with E-state index in [0.717, 1.165) is 0 Å². The summed E-state index contributed by atoms with van der Waals surface area (Å²) in [5.41, 5.74) is 4.57. The van der Waals surface area contributed by atoms with Gasteiger partial charge in [0, 0.05) is 26.2 Å². The molecule has 0 rings (SSSR count). The minimum Gasteiger partial charge on any atom is -0.480 e. The molecule has 0 saturated carbocycles. The van der Waals surface area contributed by atoms with Crippen molar-refractivity contribution in [3.8, 4) is 0 Å². The first-order chi connectivity index (χ1) is 2.27. The Morgan fingerprint density at radius 3 is 1.56 bits per heavy atom. The Bertz CT molecular complexity index is 53.8. The van der Waals surface area contributed by atoms with E-state index in [9.17, 15) is 4.79 Å². The molecule has 0 bridgehead atoms. The van der Waals surface area contributed by atoms with Crippen LogP contribution >= 0.6 is 0 Å². The zero-order valence-electron chi connectivity index (χ0n) is 5.14. The maximum atomic E-state index is 9.24. The van der Waals surface area contributed by atoms with Gasteiger partial charge < -0.3 is 21.8 Å². The summed E-state index contributed by atoms with van der Waals surface area (Å²) in [5, 5.41) is 7.60. The molecular formula is C2H11AlNO4Zr. The van der Waals surface area contributed by atoms with Crippen LogP contribution in [0.5, 0.6) is 0 Å². The molecule has 0 aliphatic heterocycles. The molecular weight excluding hydrogens is 220 g/mol. The van der Waals surface area contributed by atoms with Gasteiger partial charge in [-0.2, -0.15) is 0 Å². The Labute approximate surface area is 82.5 Å². The Morgan fingerprint density at radius 1 is 1.44 bits per heavy atom. The minimum absolute atomic E-state index is 0. The maximum Gasteiger partial charge on any atom is 0.317 e. The predicted molar refractivity (Wildman–Crippen MR) is 32.5 cm³/mol. The SMILES string of the molecule is NCC(=O)O.O.O.[AlH2].[Zr]. The number of aliphatic carboxylic acids is 1. The third-order valence-electron chi connectivity index (χ3n) is 0.175. The number of rotatable bonds is 1. The Kier molecular flexibility index (Phi) is 85.4. The van der Waals surface area contributed by atoms with Crippen LogP contribution in [0.1, 0.15) is 0 Å². The van der Waals surface area contributed by atoms with Gasteiger partial charge in [0.25, 0.3) is 0 Å². The molecule has 0 aliphatic rings. The Hall–Kier alpha value is 0.766. The number of carbonyl (C=O) groups is 1. The van der Waals surface area contributed by atoms with Crippen LogP contribution in [0.3, 0.4) is 0 Å². The zero-order valence-corrected chi connectivity index (χ0v) is 9.60. The van der Waals surface area contributed by atoms with Gasteiger partial charge in [-0.25, -0.2) is 0 Å². The van der Waals surface area contributed by atoms with E-state index >= 15 is 0 Å². The average molecular weight is 231 g/mol. The van der Waals surface area contributed by atoms with Crippen molar-refractivity contribution >= 4 is 23.3 Å². The summed E-state index contributed by atoms with van der Waals surface area (Å²) in [6.07, 6.45) is 0. The number of hydrogen-bond acceptors (Lipinski definition) is 2. The number of carboxylic acid groups (broad SMARTS) is 1. The summed E-state index contributed by atoms with van der Waals surface area (Å²) in [4.78, 5) is 9.24. The van der Waals surface area contributed by atoms with Crippen molar-refractivity contribution in [3.05, 3.63) is 0 Å².